The van der Waals surface area contributed by atoms with E-state index in [2.05, 4.69) is 35.5 Å². The van der Waals surface area contributed by atoms with Crippen molar-refractivity contribution >= 4 is 57.9 Å². The van der Waals surface area contributed by atoms with Gasteiger partial charge in [-0.2, -0.15) is 8.78 Å². The number of nitrogens with one attached hydrogen (secondary N) is 1. The Hall–Kier alpha value is -3.23. The Kier molecular flexibility index (Phi) is 11.9. The quantitative estimate of drug-likeness (QED) is 0.107. The highest BCUT2D eigenvalue weighted by molar-refractivity contribution is 9.10. The van der Waals surface area contributed by atoms with E-state index in [9.17, 15) is 23.8 Å². The molecule has 2 aromatic carbocycles. The van der Waals surface area contributed by atoms with Gasteiger partial charge in [-0.3, -0.25) is 18.7 Å². The van der Waals surface area contributed by atoms with Crippen molar-refractivity contribution in [3.63, 3.8) is 0 Å². The molecule has 1 heterocycles. The number of hydrogen-bond acceptors (Lipinski definition) is 11. The molecular formula is C30H34BrF2N2O9PS. The predicted octanol–water partition coefficient (Wildman–Crippen LogP) is 7.69. The van der Waals surface area contributed by atoms with Gasteiger partial charge in [0.2, 0.25) is 13.6 Å². The zero-order chi connectivity index (χ0) is 34.5. The Morgan fingerprint density at radius 3 is 2.09 bits per heavy atom. The first-order valence-electron chi connectivity index (χ1n) is 13.7. The van der Waals surface area contributed by atoms with Crippen LogP contribution in [0.15, 0.2) is 52.3 Å². The second-order valence-corrected chi connectivity index (χ2v) is 15.6. The minimum absolute atomic E-state index is 0.132. The molecule has 1 atom stereocenters. The molecule has 46 heavy (non-hydrogen) atoms. The maximum absolute atomic E-state index is 15.0. The predicted molar refractivity (Wildman–Crippen MR) is 170 cm³/mol. The number of aromatic nitrogens is 1. The van der Waals surface area contributed by atoms with Gasteiger partial charge in [0.1, 0.15) is 0 Å². The van der Waals surface area contributed by atoms with Crippen molar-refractivity contribution in [2.45, 2.75) is 53.8 Å². The summed E-state index contributed by atoms with van der Waals surface area (Å²) >= 11 is 4.35. The van der Waals surface area contributed by atoms with E-state index in [4.69, 9.17) is 9.47 Å². The van der Waals surface area contributed by atoms with Crippen molar-refractivity contribution in [3.05, 3.63) is 69.0 Å². The molecule has 0 aliphatic rings. The molecule has 0 amide bonds. The first-order chi connectivity index (χ1) is 21.2. The highest BCUT2D eigenvalue weighted by Crippen LogP contribution is 2.64. The summed E-state index contributed by atoms with van der Waals surface area (Å²) in [7, 11) is -5.59. The number of hydrogen-bond donors (Lipinski definition) is 2. The van der Waals surface area contributed by atoms with Gasteiger partial charge in [-0.1, -0.05) is 40.2 Å². The number of carbonyl (C=O) groups excluding carboxylic acids is 3. The van der Waals surface area contributed by atoms with Crippen LogP contribution >= 0.6 is 34.9 Å². The summed E-state index contributed by atoms with van der Waals surface area (Å²) in [5.74, 6) is -1.93. The molecule has 1 unspecified atom stereocenters. The van der Waals surface area contributed by atoms with Crippen molar-refractivity contribution < 1.29 is 51.4 Å². The second kappa shape index (κ2) is 14.7. The third kappa shape index (κ3) is 9.64. The molecule has 0 aliphatic heterocycles. The van der Waals surface area contributed by atoms with Crippen molar-refractivity contribution in [2.75, 3.05) is 18.9 Å². The fourth-order valence-electron chi connectivity index (χ4n) is 3.39. The van der Waals surface area contributed by atoms with Crippen LogP contribution in [0, 0.1) is 10.8 Å². The third-order valence-corrected chi connectivity index (χ3v) is 8.96. The summed E-state index contributed by atoms with van der Waals surface area (Å²) in [6, 6.07) is 10.2. The van der Waals surface area contributed by atoms with Crippen molar-refractivity contribution in [1.29, 1.82) is 0 Å². The summed E-state index contributed by atoms with van der Waals surface area (Å²) in [6.07, 6.45) is 0. The van der Waals surface area contributed by atoms with E-state index in [-0.39, 0.29) is 16.6 Å². The SMILES string of the molecule is CC(C)(C)C(=O)OCOC(=O)c1ccc(-c2csc(NCc3ccc(C(F)(F)P(=O)(O)OCOC(=O)C(C)(C)C)c(Br)c3)n2)cc1. The van der Waals surface area contributed by atoms with Crippen LogP contribution in [0.2, 0.25) is 0 Å². The maximum Gasteiger partial charge on any atom is 0.404 e. The number of halogens is 3. The summed E-state index contributed by atoms with van der Waals surface area (Å²) in [5.41, 5.74) is -4.59. The first-order valence-corrected chi connectivity index (χ1v) is 16.9. The van der Waals surface area contributed by atoms with Crippen LogP contribution in [0.5, 0.6) is 0 Å². The van der Waals surface area contributed by atoms with Crippen LogP contribution in [0.3, 0.4) is 0 Å². The first kappa shape index (κ1) is 37.2. The minimum atomic E-state index is -5.59. The second-order valence-electron chi connectivity index (χ2n) is 12.0. The molecule has 0 radical (unpaired) electrons. The van der Waals surface area contributed by atoms with Gasteiger partial charge in [0, 0.05) is 27.5 Å². The zero-order valence-corrected chi connectivity index (χ0v) is 29.2. The largest absolute Gasteiger partial charge is 0.438 e. The molecule has 11 nitrogen and oxygen atoms in total. The van der Waals surface area contributed by atoms with Gasteiger partial charge in [-0.15, -0.1) is 11.3 Å². The molecule has 3 rings (SSSR count). The zero-order valence-electron chi connectivity index (χ0n) is 25.9. The van der Waals surface area contributed by atoms with Crippen LogP contribution < -0.4 is 5.32 Å². The molecule has 0 saturated carbocycles. The highest BCUT2D eigenvalue weighted by atomic mass is 79.9. The smallest absolute Gasteiger partial charge is 0.404 e. The van der Waals surface area contributed by atoms with E-state index in [0.717, 1.165) is 11.6 Å². The summed E-state index contributed by atoms with van der Waals surface area (Å²) in [6.45, 7) is 8.24. The molecule has 0 spiro atoms. The standard InChI is InChI=1S/C30H34BrF2N2O9PS/c1-28(2,3)25(37)42-16-41-24(36)20-10-8-19(9-11-20)23-15-46-27(35-23)34-14-18-7-12-21(22(31)13-18)30(32,33)45(39,40)44-17-43-26(38)29(4,5)6/h7-13,15H,14,16-17H2,1-6H3,(H,34,35)(H,39,40). The monoisotopic (exact) mass is 746 g/mol. The van der Waals surface area contributed by atoms with Gasteiger partial charge in [0.15, 0.2) is 5.13 Å². The number of alkyl halides is 2. The number of benzene rings is 2. The van der Waals surface area contributed by atoms with E-state index in [1.165, 1.54) is 44.2 Å². The van der Waals surface area contributed by atoms with E-state index in [0.29, 0.717) is 16.4 Å². The van der Waals surface area contributed by atoms with Crippen molar-refractivity contribution in [2.24, 2.45) is 10.8 Å². The number of nitrogens with zero attached hydrogens (tertiary/aromatic N) is 1. The lowest BCUT2D eigenvalue weighted by Gasteiger charge is -2.24. The Morgan fingerprint density at radius 1 is 0.935 bits per heavy atom. The molecule has 2 N–H and O–H groups in total. The molecule has 1 aromatic heterocycles. The van der Waals surface area contributed by atoms with E-state index in [1.54, 1.807) is 50.4 Å². The van der Waals surface area contributed by atoms with Crippen LogP contribution in [-0.2, 0) is 45.1 Å². The lowest BCUT2D eigenvalue weighted by molar-refractivity contribution is -0.162. The number of thiazole rings is 1. The summed E-state index contributed by atoms with van der Waals surface area (Å²) in [4.78, 5) is 50.3. The average Bonchev–Trinajstić information content (AvgIpc) is 3.44. The lowest BCUT2D eigenvalue weighted by Crippen LogP contribution is -2.25. The van der Waals surface area contributed by atoms with Crippen molar-refractivity contribution in [1.82, 2.24) is 4.98 Å². The highest BCUT2D eigenvalue weighted by Gasteiger charge is 2.54. The Morgan fingerprint density at radius 2 is 1.52 bits per heavy atom. The topological polar surface area (TPSA) is 150 Å². The number of rotatable bonds is 12. The molecule has 0 fully saturated rings. The van der Waals surface area contributed by atoms with Crippen LogP contribution in [-0.4, -0.2) is 41.4 Å². The fourth-order valence-corrected chi connectivity index (χ4v) is 5.80. The average molecular weight is 748 g/mol. The summed E-state index contributed by atoms with van der Waals surface area (Å²) < 4.78 is 61.4. The van der Waals surface area contributed by atoms with Gasteiger partial charge in [-0.25, -0.2) is 9.78 Å². The number of carbonyl (C=O) groups is 3. The molecule has 0 saturated heterocycles. The number of esters is 3. The van der Waals surface area contributed by atoms with Gasteiger partial charge >= 0.3 is 31.2 Å². The molecule has 3 aromatic rings. The van der Waals surface area contributed by atoms with Gasteiger partial charge in [-0.05, 0) is 65.3 Å². The summed E-state index contributed by atoms with van der Waals surface area (Å²) in [5, 5.41) is 5.42. The van der Waals surface area contributed by atoms with Crippen LogP contribution in [0.4, 0.5) is 13.9 Å². The van der Waals surface area contributed by atoms with E-state index in [1.807, 2.05) is 0 Å². The minimum Gasteiger partial charge on any atom is -0.438 e. The Bertz CT molecular complexity index is 1620. The normalized spacial score (nSPS) is 13.4. The molecular weight excluding hydrogens is 713 g/mol. The van der Waals surface area contributed by atoms with Gasteiger partial charge in [0.05, 0.1) is 22.1 Å². The van der Waals surface area contributed by atoms with Crippen molar-refractivity contribution in [3.8, 4) is 11.3 Å². The molecule has 0 bridgehead atoms. The van der Waals surface area contributed by atoms with Gasteiger partial charge in [0.25, 0.3) is 0 Å². The molecule has 16 heteroatoms. The number of anilines is 1. The van der Waals surface area contributed by atoms with Gasteiger partial charge < -0.3 is 24.4 Å². The third-order valence-electron chi connectivity index (χ3n) is 6.10. The number of ether oxygens (including phenoxy) is 3. The molecule has 0 aliphatic carbocycles. The fraction of sp³-hybridized carbons (Fsp3) is 0.400. The van der Waals surface area contributed by atoms with Crippen LogP contribution in [0.1, 0.15) is 63.0 Å². The Labute approximate surface area is 277 Å². The molecule has 250 valence electrons. The Balaban J connectivity index is 1.57. The van der Waals surface area contributed by atoms with E-state index < -0.39 is 61.1 Å². The maximum atomic E-state index is 15.0. The van der Waals surface area contributed by atoms with E-state index >= 15 is 8.78 Å². The van der Waals surface area contributed by atoms with Crippen LogP contribution in [0.25, 0.3) is 11.3 Å². The lowest BCUT2D eigenvalue weighted by atomic mass is 9.97.